The van der Waals surface area contributed by atoms with E-state index in [0.29, 0.717) is 17.2 Å². The maximum absolute atomic E-state index is 13.2. The van der Waals surface area contributed by atoms with Crippen LogP contribution in [0.2, 0.25) is 0 Å². The van der Waals surface area contributed by atoms with Gasteiger partial charge in [-0.3, -0.25) is 9.59 Å². The van der Waals surface area contributed by atoms with Gasteiger partial charge < -0.3 is 10.1 Å². The minimum atomic E-state index is -3.89. The molecule has 1 amide bonds. The third-order valence-electron chi connectivity index (χ3n) is 4.27. The molecule has 0 radical (unpaired) electrons. The van der Waals surface area contributed by atoms with Gasteiger partial charge in [-0.25, -0.2) is 17.5 Å². The standard InChI is InChI=1S/C21H21FN4O5S/c1-14-3-9-18(10-4-14)32(29,30)23-12-21(28)31-13-20(27)24-19-11-15(2)25-26(19)17-7-5-16(22)6-8-17/h3-11,23H,12-13H2,1-2H3,(H,24,27). The third kappa shape index (κ3) is 5.99. The molecule has 9 nitrogen and oxygen atoms in total. The van der Waals surface area contributed by atoms with E-state index in [-0.39, 0.29) is 4.90 Å². The van der Waals surface area contributed by atoms with Crippen molar-refractivity contribution in [3.8, 4) is 5.69 Å². The van der Waals surface area contributed by atoms with Crippen LogP contribution in [0.3, 0.4) is 0 Å². The van der Waals surface area contributed by atoms with Crippen LogP contribution in [0.1, 0.15) is 11.3 Å². The molecule has 0 aliphatic carbocycles. The van der Waals surface area contributed by atoms with Crippen molar-refractivity contribution < 1.29 is 27.1 Å². The first-order valence-corrected chi connectivity index (χ1v) is 11.0. The second-order valence-electron chi connectivity index (χ2n) is 6.91. The molecule has 32 heavy (non-hydrogen) atoms. The molecule has 0 aliphatic heterocycles. The topological polar surface area (TPSA) is 119 Å². The molecule has 2 N–H and O–H groups in total. The quantitative estimate of drug-likeness (QED) is 0.497. The highest BCUT2D eigenvalue weighted by molar-refractivity contribution is 7.89. The summed E-state index contributed by atoms with van der Waals surface area (Å²) in [6.07, 6.45) is 0. The second kappa shape index (κ2) is 9.71. The van der Waals surface area contributed by atoms with Crippen LogP contribution in [0.25, 0.3) is 5.69 Å². The van der Waals surface area contributed by atoms with Crippen LogP contribution >= 0.6 is 0 Å². The van der Waals surface area contributed by atoms with Crippen molar-refractivity contribution in [2.24, 2.45) is 0 Å². The summed E-state index contributed by atoms with van der Waals surface area (Å²) in [7, 11) is -3.89. The van der Waals surface area contributed by atoms with Crippen LogP contribution in [-0.4, -0.2) is 43.2 Å². The minimum Gasteiger partial charge on any atom is -0.455 e. The van der Waals surface area contributed by atoms with E-state index in [4.69, 9.17) is 4.74 Å². The lowest BCUT2D eigenvalue weighted by molar-refractivity contribution is -0.146. The van der Waals surface area contributed by atoms with Gasteiger partial charge in [-0.05, 0) is 50.2 Å². The molecule has 0 spiro atoms. The van der Waals surface area contributed by atoms with Crippen LogP contribution in [0.4, 0.5) is 10.2 Å². The zero-order valence-corrected chi connectivity index (χ0v) is 18.1. The minimum absolute atomic E-state index is 0.0121. The van der Waals surface area contributed by atoms with Gasteiger partial charge in [-0.1, -0.05) is 17.7 Å². The van der Waals surface area contributed by atoms with Crippen LogP contribution < -0.4 is 10.0 Å². The van der Waals surface area contributed by atoms with Gasteiger partial charge in [0.1, 0.15) is 18.2 Å². The van der Waals surface area contributed by atoms with Crippen molar-refractivity contribution in [3.05, 3.63) is 71.7 Å². The van der Waals surface area contributed by atoms with E-state index in [1.54, 1.807) is 25.1 Å². The average molecular weight is 460 g/mol. The Morgan fingerprint density at radius 1 is 1.06 bits per heavy atom. The van der Waals surface area contributed by atoms with Crippen LogP contribution in [-0.2, 0) is 24.3 Å². The summed E-state index contributed by atoms with van der Waals surface area (Å²) in [5.74, 6) is -1.68. The van der Waals surface area contributed by atoms with E-state index in [1.165, 1.54) is 41.1 Å². The van der Waals surface area contributed by atoms with Crippen LogP contribution in [0.15, 0.2) is 59.5 Å². The van der Waals surface area contributed by atoms with E-state index in [0.717, 1.165) is 5.56 Å². The SMILES string of the molecule is Cc1ccc(S(=O)(=O)NCC(=O)OCC(=O)Nc2cc(C)nn2-c2ccc(F)cc2)cc1. The normalized spacial score (nSPS) is 11.2. The molecule has 0 aliphatic rings. The maximum Gasteiger partial charge on any atom is 0.321 e. The Morgan fingerprint density at radius 3 is 2.38 bits per heavy atom. The Hall–Kier alpha value is -3.57. The maximum atomic E-state index is 13.2. The number of halogens is 1. The number of amides is 1. The summed E-state index contributed by atoms with van der Waals surface area (Å²) in [6, 6.07) is 13.2. The fourth-order valence-electron chi connectivity index (χ4n) is 2.70. The number of rotatable bonds is 8. The Kier molecular flexibility index (Phi) is 7.01. The monoisotopic (exact) mass is 460 g/mol. The molecule has 0 bridgehead atoms. The average Bonchev–Trinajstić information content (AvgIpc) is 3.11. The van der Waals surface area contributed by atoms with E-state index >= 15 is 0 Å². The van der Waals surface area contributed by atoms with Crippen molar-refractivity contribution in [1.29, 1.82) is 0 Å². The summed E-state index contributed by atoms with van der Waals surface area (Å²) in [4.78, 5) is 24.1. The van der Waals surface area contributed by atoms with Crippen molar-refractivity contribution in [3.63, 3.8) is 0 Å². The molecule has 3 aromatic rings. The summed E-state index contributed by atoms with van der Waals surface area (Å²) in [5.41, 5.74) is 2.02. The van der Waals surface area contributed by atoms with E-state index in [2.05, 4.69) is 15.1 Å². The molecule has 1 aromatic heterocycles. The number of nitrogens with one attached hydrogen (secondary N) is 2. The van der Waals surface area contributed by atoms with Crippen LogP contribution in [0.5, 0.6) is 0 Å². The molecule has 0 saturated carbocycles. The Labute approximate surface area is 184 Å². The van der Waals surface area contributed by atoms with Gasteiger partial charge in [0, 0.05) is 6.07 Å². The first-order valence-electron chi connectivity index (χ1n) is 9.48. The number of esters is 1. The second-order valence-corrected chi connectivity index (χ2v) is 8.67. The summed E-state index contributed by atoms with van der Waals surface area (Å²) < 4.78 is 45.9. The molecule has 0 saturated heterocycles. The number of ether oxygens (including phenoxy) is 1. The summed E-state index contributed by atoms with van der Waals surface area (Å²) >= 11 is 0. The van der Waals surface area contributed by atoms with Gasteiger partial charge in [-0.2, -0.15) is 9.82 Å². The highest BCUT2D eigenvalue weighted by Crippen LogP contribution is 2.17. The lowest BCUT2D eigenvalue weighted by atomic mass is 10.2. The third-order valence-corrected chi connectivity index (χ3v) is 5.69. The Bertz CT molecular complexity index is 1220. The highest BCUT2D eigenvalue weighted by atomic mass is 32.2. The van der Waals surface area contributed by atoms with Gasteiger partial charge in [0.15, 0.2) is 6.61 Å². The molecular formula is C21H21FN4O5S. The number of aromatic nitrogens is 2. The Morgan fingerprint density at radius 2 is 1.72 bits per heavy atom. The van der Waals surface area contributed by atoms with Gasteiger partial charge in [-0.15, -0.1) is 0 Å². The molecule has 11 heteroatoms. The number of benzene rings is 2. The fraction of sp³-hybridized carbons (Fsp3) is 0.190. The number of aryl methyl sites for hydroxylation is 2. The van der Waals surface area contributed by atoms with E-state index < -0.39 is 40.9 Å². The number of hydrogen-bond acceptors (Lipinski definition) is 6. The number of carbonyl (C=O) groups is 2. The van der Waals surface area contributed by atoms with Gasteiger partial charge >= 0.3 is 5.97 Å². The number of anilines is 1. The van der Waals surface area contributed by atoms with Gasteiger partial charge in [0.25, 0.3) is 5.91 Å². The molecule has 2 aromatic carbocycles. The molecule has 3 rings (SSSR count). The first-order chi connectivity index (χ1) is 15.1. The molecule has 1 heterocycles. The van der Waals surface area contributed by atoms with E-state index in [1.807, 2.05) is 6.92 Å². The van der Waals surface area contributed by atoms with E-state index in [9.17, 15) is 22.4 Å². The number of hydrogen-bond donors (Lipinski definition) is 2. The predicted octanol–water partition coefficient (Wildman–Crippen LogP) is 2.09. The zero-order chi connectivity index (χ0) is 23.3. The zero-order valence-electron chi connectivity index (χ0n) is 17.3. The lowest BCUT2D eigenvalue weighted by Crippen LogP contribution is -2.32. The molecular weight excluding hydrogens is 439 g/mol. The predicted molar refractivity (Wildman–Crippen MR) is 114 cm³/mol. The highest BCUT2D eigenvalue weighted by Gasteiger charge is 2.17. The van der Waals surface area contributed by atoms with Gasteiger partial charge in [0.2, 0.25) is 10.0 Å². The smallest absolute Gasteiger partial charge is 0.321 e. The van der Waals surface area contributed by atoms with Gasteiger partial charge in [0.05, 0.1) is 16.3 Å². The number of carbonyl (C=O) groups excluding carboxylic acids is 2. The van der Waals surface area contributed by atoms with Crippen molar-refractivity contribution in [2.45, 2.75) is 18.7 Å². The molecule has 0 atom stereocenters. The first kappa shape index (κ1) is 23.1. The number of nitrogens with zero attached hydrogens (tertiary/aromatic N) is 2. The van der Waals surface area contributed by atoms with Crippen LogP contribution in [0, 0.1) is 19.7 Å². The molecule has 168 valence electrons. The Balaban J connectivity index is 1.53. The summed E-state index contributed by atoms with van der Waals surface area (Å²) in [6.45, 7) is 2.28. The molecule has 0 unspecified atom stereocenters. The summed E-state index contributed by atoms with van der Waals surface area (Å²) in [5, 5.41) is 6.80. The number of sulfonamides is 1. The van der Waals surface area contributed by atoms with Crippen molar-refractivity contribution in [1.82, 2.24) is 14.5 Å². The lowest BCUT2D eigenvalue weighted by Gasteiger charge is -2.10. The molecule has 0 fully saturated rings. The largest absolute Gasteiger partial charge is 0.455 e. The fourth-order valence-corrected chi connectivity index (χ4v) is 3.67. The van der Waals surface area contributed by atoms with Crippen molar-refractivity contribution in [2.75, 3.05) is 18.5 Å². The van der Waals surface area contributed by atoms with Crippen molar-refractivity contribution >= 4 is 27.7 Å².